The van der Waals surface area contributed by atoms with Crippen LogP contribution in [0, 0.1) is 5.92 Å². The molecule has 8 heteroatoms. The molecule has 27 heavy (non-hydrogen) atoms. The molecule has 2 aromatic rings. The summed E-state index contributed by atoms with van der Waals surface area (Å²) in [7, 11) is -3.26. The van der Waals surface area contributed by atoms with Gasteiger partial charge in [0.05, 0.1) is 17.9 Å². The topological polar surface area (TPSA) is 83.8 Å². The molecule has 0 spiro atoms. The molecule has 1 amide bonds. The summed E-state index contributed by atoms with van der Waals surface area (Å²) in [6.45, 7) is 5.27. The highest BCUT2D eigenvalue weighted by Crippen LogP contribution is 2.21. The molecule has 1 N–H and O–H groups in total. The van der Waals surface area contributed by atoms with Crippen LogP contribution < -0.4 is 5.43 Å². The minimum absolute atomic E-state index is 0.0565. The van der Waals surface area contributed by atoms with Crippen LogP contribution in [0.4, 0.5) is 0 Å². The van der Waals surface area contributed by atoms with E-state index in [2.05, 4.69) is 28.1 Å². The van der Waals surface area contributed by atoms with Crippen molar-refractivity contribution in [1.29, 1.82) is 0 Å². The SMILES string of the molecule is CCn1cc(C=NNC(=O)C2CCCN(S(=O)(=O)CC)C2)c2ccccc21. The van der Waals surface area contributed by atoms with Crippen molar-refractivity contribution < 1.29 is 13.2 Å². The Morgan fingerprint density at radius 3 is 2.85 bits per heavy atom. The Bertz CT molecular complexity index is 949. The number of benzene rings is 1. The zero-order valence-electron chi connectivity index (χ0n) is 15.8. The first-order chi connectivity index (χ1) is 13.0. The summed E-state index contributed by atoms with van der Waals surface area (Å²) in [5, 5.41) is 5.19. The van der Waals surface area contributed by atoms with Crippen LogP contribution in [-0.2, 0) is 21.4 Å². The van der Waals surface area contributed by atoms with Gasteiger partial charge in [0.25, 0.3) is 0 Å². The fraction of sp³-hybridized carbons (Fsp3) is 0.474. The number of hydrazone groups is 1. The molecule has 146 valence electrons. The Labute approximate surface area is 160 Å². The van der Waals surface area contributed by atoms with Crippen LogP contribution in [0.15, 0.2) is 35.6 Å². The second kappa shape index (κ2) is 8.22. The number of carbonyl (C=O) groups excluding carboxylic acids is 1. The van der Waals surface area contributed by atoms with Crippen LogP contribution in [0.25, 0.3) is 10.9 Å². The van der Waals surface area contributed by atoms with Gasteiger partial charge >= 0.3 is 0 Å². The zero-order valence-corrected chi connectivity index (χ0v) is 16.6. The lowest BCUT2D eigenvalue weighted by Gasteiger charge is -2.30. The first-order valence-corrected chi connectivity index (χ1v) is 11.0. The number of rotatable bonds is 6. The lowest BCUT2D eigenvalue weighted by molar-refractivity contribution is -0.126. The number of hydrogen-bond acceptors (Lipinski definition) is 4. The van der Waals surface area contributed by atoms with E-state index in [0.717, 1.165) is 23.0 Å². The van der Waals surface area contributed by atoms with Gasteiger partial charge in [-0.3, -0.25) is 4.79 Å². The van der Waals surface area contributed by atoms with Crippen LogP contribution in [0.3, 0.4) is 0 Å². The van der Waals surface area contributed by atoms with Gasteiger partial charge in [-0.15, -0.1) is 0 Å². The number of fused-ring (bicyclic) bond motifs is 1. The van der Waals surface area contributed by atoms with Crippen molar-refractivity contribution >= 4 is 33.0 Å². The Hall–Kier alpha value is -2.19. The van der Waals surface area contributed by atoms with Crippen molar-refractivity contribution in [2.24, 2.45) is 11.0 Å². The number of aromatic nitrogens is 1. The maximum absolute atomic E-state index is 12.4. The van der Waals surface area contributed by atoms with Gasteiger partial charge in [-0.25, -0.2) is 18.1 Å². The number of sulfonamides is 1. The monoisotopic (exact) mass is 390 g/mol. The number of nitrogens with zero attached hydrogens (tertiary/aromatic N) is 3. The van der Waals surface area contributed by atoms with Gasteiger partial charge < -0.3 is 4.57 Å². The number of carbonyl (C=O) groups is 1. The summed E-state index contributed by atoms with van der Waals surface area (Å²) in [6, 6.07) is 8.05. The lowest BCUT2D eigenvalue weighted by atomic mass is 9.99. The maximum Gasteiger partial charge on any atom is 0.244 e. The summed E-state index contributed by atoms with van der Waals surface area (Å²) in [5.41, 5.74) is 4.64. The molecular formula is C19H26N4O3S. The minimum Gasteiger partial charge on any atom is -0.347 e. The van der Waals surface area contributed by atoms with E-state index in [1.165, 1.54) is 4.31 Å². The van der Waals surface area contributed by atoms with E-state index in [1.807, 2.05) is 24.4 Å². The van der Waals surface area contributed by atoms with Crippen molar-refractivity contribution in [2.45, 2.75) is 33.2 Å². The second-order valence-electron chi connectivity index (χ2n) is 6.72. The van der Waals surface area contributed by atoms with Gasteiger partial charge in [0.1, 0.15) is 0 Å². The summed E-state index contributed by atoms with van der Waals surface area (Å²) in [6.07, 6.45) is 5.02. The molecule has 1 unspecified atom stereocenters. The predicted molar refractivity (Wildman–Crippen MR) is 107 cm³/mol. The fourth-order valence-electron chi connectivity index (χ4n) is 3.49. The van der Waals surface area contributed by atoms with E-state index in [0.29, 0.717) is 19.4 Å². The number of hydrogen-bond donors (Lipinski definition) is 1. The molecule has 3 rings (SSSR count). The van der Waals surface area contributed by atoms with Gasteiger partial charge in [0, 0.05) is 42.3 Å². The fourth-order valence-corrected chi connectivity index (χ4v) is 4.67. The number of amides is 1. The van der Waals surface area contributed by atoms with Crippen LogP contribution in [0.1, 0.15) is 32.3 Å². The zero-order chi connectivity index (χ0) is 19.4. The maximum atomic E-state index is 12.4. The minimum atomic E-state index is -3.26. The van der Waals surface area contributed by atoms with Crippen LogP contribution in [0.2, 0.25) is 0 Å². The molecule has 7 nitrogen and oxygen atoms in total. The normalized spacial score (nSPS) is 19.0. The predicted octanol–water partition coefficient (Wildman–Crippen LogP) is 2.17. The van der Waals surface area contributed by atoms with Gasteiger partial charge in [-0.1, -0.05) is 18.2 Å². The Balaban J connectivity index is 1.67. The molecule has 1 aromatic carbocycles. The summed E-state index contributed by atoms with van der Waals surface area (Å²) in [5.74, 6) is -0.545. The summed E-state index contributed by atoms with van der Waals surface area (Å²) < 4.78 is 27.6. The van der Waals surface area contributed by atoms with E-state index in [1.54, 1.807) is 13.1 Å². The van der Waals surface area contributed by atoms with Crippen LogP contribution in [0.5, 0.6) is 0 Å². The molecule has 1 aliphatic heterocycles. The molecular weight excluding hydrogens is 364 g/mol. The van der Waals surface area contributed by atoms with E-state index in [-0.39, 0.29) is 24.1 Å². The lowest BCUT2D eigenvalue weighted by Crippen LogP contribution is -2.45. The summed E-state index contributed by atoms with van der Waals surface area (Å²) in [4.78, 5) is 12.4. The van der Waals surface area contributed by atoms with E-state index in [4.69, 9.17) is 0 Å². The largest absolute Gasteiger partial charge is 0.347 e. The average molecular weight is 391 g/mol. The molecule has 1 aliphatic rings. The Kier molecular flexibility index (Phi) is 5.96. The molecule has 1 fully saturated rings. The molecule has 0 radical (unpaired) electrons. The van der Waals surface area contributed by atoms with E-state index in [9.17, 15) is 13.2 Å². The molecule has 1 atom stereocenters. The molecule has 0 aliphatic carbocycles. The van der Waals surface area contributed by atoms with E-state index >= 15 is 0 Å². The average Bonchev–Trinajstić information content (AvgIpc) is 3.06. The van der Waals surface area contributed by atoms with Crippen molar-refractivity contribution in [3.63, 3.8) is 0 Å². The highest BCUT2D eigenvalue weighted by molar-refractivity contribution is 7.89. The van der Waals surface area contributed by atoms with Crippen molar-refractivity contribution in [3.8, 4) is 0 Å². The third-order valence-electron chi connectivity index (χ3n) is 5.05. The van der Waals surface area contributed by atoms with Gasteiger partial charge in [0.2, 0.25) is 15.9 Å². The highest BCUT2D eigenvalue weighted by atomic mass is 32.2. The van der Waals surface area contributed by atoms with Crippen molar-refractivity contribution in [1.82, 2.24) is 14.3 Å². The molecule has 0 bridgehead atoms. The quantitative estimate of drug-likeness (QED) is 0.606. The number of para-hydroxylation sites is 1. The van der Waals surface area contributed by atoms with Gasteiger partial charge in [0.15, 0.2) is 0 Å². The standard InChI is InChI=1S/C19H26N4O3S/c1-3-22-13-16(17-9-5-6-10-18(17)22)12-20-21-19(24)15-8-7-11-23(14-15)27(25,26)4-2/h5-6,9-10,12-13,15H,3-4,7-8,11,14H2,1-2H3,(H,21,24). The Morgan fingerprint density at radius 2 is 2.11 bits per heavy atom. The highest BCUT2D eigenvalue weighted by Gasteiger charge is 2.31. The summed E-state index contributed by atoms with van der Waals surface area (Å²) >= 11 is 0. The third-order valence-corrected chi connectivity index (χ3v) is 6.90. The number of nitrogens with one attached hydrogen (secondary N) is 1. The number of piperidine rings is 1. The van der Waals surface area contributed by atoms with Gasteiger partial charge in [-0.2, -0.15) is 5.10 Å². The first kappa shape index (κ1) is 19.6. The molecule has 1 saturated heterocycles. The second-order valence-corrected chi connectivity index (χ2v) is 8.98. The van der Waals surface area contributed by atoms with Crippen molar-refractivity contribution in [2.75, 3.05) is 18.8 Å². The molecule has 2 heterocycles. The van der Waals surface area contributed by atoms with Crippen LogP contribution in [-0.4, -0.2) is 48.3 Å². The number of aryl methyl sites for hydroxylation is 1. The molecule has 1 aromatic heterocycles. The Morgan fingerprint density at radius 1 is 1.33 bits per heavy atom. The van der Waals surface area contributed by atoms with Gasteiger partial charge in [-0.05, 0) is 32.8 Å². The van der Waals surface area contributed by atoms with E-state index < -0.39 is 10.0 Å². The van der Waals surface area contributed by atoms with Crippen molar-refractivity contribution in [3.05, 3.63) is 36.0 Å². The smallest absolute Gasteiger partial charge is 0.244 e. The third kappa shape index (κ3) is 4.22. The van der Waals surface area contributed by atoms with Crippen LogP contribution >= 0.6 is 0 Å². The molecule has 0 saturated carbocycles. The first-order valence-electron chi connectivity index (χ1n) is 9.35.